The molecule has 0 unspecified atom stereocenters. The highest BCUT2D eigenvalue weighted by Crippen LogP contribution is 2.28. The van der Waals surface area contributed by atoms with Gasteiger partial charge in [-0.3, -0.25) is 9.59 Å². The lowest BCUT2D eigenvalue weighted by molar-refractivity contribution is -0.136. The molecule has 1 aliphatic rings. The maximum Gasteiger partial charge on any atom is 0.313 e. The van der Waals surface area contributed by atoms with Gasteiger partial charge in [0.2, 0.25) is 0 Å². The Labute approximate surface area is 164 Å². The van der Waals surface area contributed by atoms with Gasteiger partial charge >= 0.3 is 11.8 Å². The van der Waals surface area contributed by atoms with Crippen molar-refractivity contribution < 1.29 is 14.0 Å². The standard InChI is InChI=1S/C22H26FN3O2/c1-2-13-26-14-3-4-17-15-16(5-10-20(17)26)11-12-24-21(27)22(28)25-19-8-6-18(23)7-9-19/h5-10,15H,2-4,11-14H2,1H3,(H,24,27)(H,25,28). The quantitative estimate of drug-likeness (QED) is 0.753. The third-order valence-electron chi connectivity index (χ3n) is 4.86. The van der Waals surface area contributed by atoms with E-state index in [-0.39, 0.29) is 0 Å². The van der Waals surface area contributed by atoms with E-state index in [9.17, 15) is 14.0 Å². The molecule has 2 amide bonds. The van der Waals surface area contributed by atoms with Crippen LogP contribution in [-0.4, -0.2) is 31.4 Å². The van der Waals surface area contributed by atoms with Crippen LogP contribution in [0.5, 0.6) is 0 Å². The first-order valence-electron chi connectivity index (χ1n) is 9.78. The minimum atomic E-state index is -0.757. The topological polar surface area (TPSA) is 61.4 Å². The summed E-state index contributed by atoms with van der Waals surface area (Å²) in [5.41, 5.74) is 4.21. The molecule has 1 aliphatic heterocycles. The molecule has 6 heteroatoms. The van der Waals surface area contributed by atoms with E-state index in [1.54, 1.807) is 0 Å². The number of hydrogen-bond donors (Lipinski definition) is 2. The van der Waals surface area contributed by atoms with Crippen molar-refractivity contribution in [3.8, 4) is 0 Å². The second kappa shape index (κ2) is 9.35. The van der Waals surface area contributed by atoms with Gasteiger partial charge in [-0.1, -0.05) is 19.1 Å². The maximum atomic E-state index is 12.9. The molecular weight excluding hydrogens is 357 g/mol. The molecule has 3 rings (SSSR count). The predicted molar refractivity (Wildman–Crippen MR) is 109 cm³/mol. The molecule has 0 saturated carbocycles. The van der Waals surface area contributed by atoms with E-state index in [0.717, 1.165) is 37.9 Å². The van der Waals surface area contributed by atoms with Crippen molar-refractivity contribution in [1.82, 2.24) is 5.32 Å². The van der Waals surface area contributed by atoms with Crippen LogP contribution in [0.2, 0.25) is 0 Å². The third kappa shape index (κ3) is 5.09. The Kier molecular flexibility index (Phi) is 6.63. The summed E-state index contributed by atoms with van der Waals surface area (Å²) in [4.78, 5) is 26.3. The summed E-state index contributed by atoms with van der Waals surface area (Å²) >= 11 is 0. The molecular formula is C22H26FN3O2. The molecule has 0 spiro atoms. The molecule has 0 aromatic heterocycles. The number of anilines is 2. The fraction of sp³-hybridized carbons (Fsp3) is 0.364. The van der Waals surface area contributed by atoms with E-state index in [1.165, 1.54) is 35.5 Å². The Balaban J connectivity index is 1.50. The van der Waals surface area contributed by atoms with Crippen molar-refractivity contribution >= 4 is 23.2 Å². The monoisotopic (exact) mass is 383 g/mol. The largest absolute Gasteiger partial charge is 0.371 e. The Morgan fingerprint density at radius 1 is 1.11 bits per heavy atom. The van der Waals surface area contributed by atoms with Gasteiger partial charge in [-0.15, -0.1) is 0 Å². The molecule has 0 atom stereocenters. The van der Waals surface area contributed by atoms with E-state index in [4.69, 9.17) is 0 Å². The van der Waals surface area contributed by atoms with Crippen LogP contribution in [0.3, 0.4) is 0 Å². The molecule has 5 nitrogen and oxygen atoms in total. The zero-order chi connectivity index (χ0) is 19.9. The highest BCUT2D eigenvalue weighted by atomic mass is 19.1. The van der Waals surface area contributed by atoms with Crippen LogP contribution in [0.25, 0.3) is 0 Å². The summed E-state index contributed by atoms with van der Waals surface area (Å²) in [6.07, 6.45) is 4.04. The number of nitrogens with one attached hydrogen (secondary N) is 2. The van der Waals surface area contributed by atoms with Gasteiger partial charge in [0.15, 0.2) is 0 Å². The average molecular weight is 383 g/mol. The van der Waals surface area contributed by atoms with Crippen molar-refractivity contribution in [3.63, 3.8) is 0 Å². The number of nitrogens with zero attached hydrogens (tertiary/aromatic N) is 1. The minimum Gasteiger partial charge on any atom is -0.371 e. The number of amides is 2. The van der Waals surface area contributed by atoms with Gasteiger partial charge in [0.1, 0.15) is 5.82 Å². The fourth-order valence-electron chi connectivity index (χ4n) is 3.51. The first-order chi connectivity index (χ1) is 13.6. The smallest absolute Gasteiger partial charge is 0.313 e. The normalized spacial score (nSPS) is 13.0. The molecule has 28 heavy (non-hydrogen) atoms. The van der Waals surface area contributed by atoms with Crippen molar-refractivity contribution in [3.05, 3.63) is 59.4 Å². The van der Waals surface area contributed by atoms with Crippen LogP contribution in [0.4, 0.5) is 15.8 Å². The highest BCUT2D eigenvalue weighted by Gasteiger charge is 2.17. The summed E-state index contributed by atoms with van der Waals surface area (Å²) in [7, 11) is 0. The van der Waals surface area contributed by atoms with Crippen LogP contribution in [-0.2, 0) is 22.4 Å². The third-order valence-corrected chi connectivity index (χ3v) is 4.86. The second-order valence-corrected chi connectivity index (χ2v) is 7.02. The lowest BCUT2D eigenvalue weighted by atomic mass is 9.98. The lowest BCUT2D eigenvalue weighted by Crippen LogP contribution is -2.36. The van der Waals surface area contributed by atoms with E-state index in [1.807, 2.05) is 0 Å². The van der Waals surface area contributed by atoms with Crippen molar-refractivity contribution in [2.24, 2.45) is 0 Å². The number of halogens is 1. The van der Waals surface area contributed by atoms with Crippen LogP contribution < -0.4 is 15.5 Å². The fourth-order valence-corrected chi connectivity index (χ4v) is 3.51. The Morgan fingerprint density at radius 2 is 1.89 bits per heavy atom. The molecule has 2 N–H and O–H groups in total. The minimum absolute atomic E-state index is 0.382. The molecule has 2 aromatic carbocycles. The van der Waals surface area contributed by atoms with Crippen LogP contribution in [0.1, 0.15) is 30.9 Å². The predicted octanol–water partition coefficient (Wildman–Crippen LogP) is 3.29. The number of hydrogen-bond acceptors (Lipinski definition) is 3. The highest BCUT2D eigenvalue weighted by molar-refractivity contribution is 6.39. The molecule has 0 aliphatic carbocycles. The molecule has 0 radical (unpaired) electrons. The van der Waals surface area contributed by atoms with E-state index in [2.05, 4.69) is 40.7 Å². The molecule has 0 fully saturated rings. The maximum absolute atomic E-state index is 12.9. The molecule has 148 valence electrons. The summed E-state index contributed by atoms with van der Waals surface area (Å²) in [6, 6.07) is 11.8. The molecule has 2 aromatic rings. The van der Waals surface area contributed by atoms with E-state index in [0.29, 0.717) is 18.7 Å². The number of benzene rings is 2. The van der Waals surface area contributed by atoms with Gasteiger partial charge in [-0.05, 0) is 67.1 Å². The SMILES string of the molecule is CCCN1CCCc2cc(CCNC(=O)C(=O)Nc3ccc(F)cc3)ccc21. The average Bonchev–Trinajstić information content (AvgIpc) is 2.70. The number of aryl methyl sites for hydroxylation is 1. The molecule has 1 heterocycles. The summed E-state index contributed by atoms with van der Waals surface area (Å²) in [5, 5.41) is 5.09. The van der Waals surface area contributed by atoms with Crippen LogP contribution in [0.15, 0.2) is 42.5 Å². The Morgan fingerprint density at radius 3 is 2.64 bits per heavy atom. The number of fused-ring (bicyclic) bond motifs is 1. The van der Waals surface area contributed by atoms with Crippen molar-refractivity contribution in [2.75, 3.05) is 29.9 Å². The lowest BCUT2D eigenvalue weighted by Gasteiger charge is -2.31. The Hall–Kier alpha value is -2.89. The number of carbonyl (C=O) groups is 2. The van der Waals surface area contributed by atoms with Gasteiger partial charge in [-0.2, -0.15) is 0 Å². The van der Waals surface area contributed by atoms with Crippen molar-refractivity contribution in [1.29, 1.82) is 0 Å². The van der Waals surface area contributed by atoms with Gasteiger partial charge in [0, 0.05) is 31.0 Å². The zero-order valence-electron chi connectivity index (χ0n) is 16.1. The summed E-state index contributed by atoms with van der Waals surface area (Å²) in [5.74, 6) is -1.85. The van der Waals surface area contributed by atoms with Gasteiger partial charge in [0.25, 0.3) is 0 Å². The first kappa shape index (κ1) is 19.9. The number of rotatable bonds is 6. The zero-order valence-corrected chi connectivity index (χ0v) is 16.1. The van der Waals surface area contributed by atoms with E-state index >= 15 is 0 Å². The number of carbonyl (C=O) groups excluding carboxylic acids is 2. The molecule has 0 bridgehead atoms. The summed E-state index contributed by atoms with van der Waals surface area (Å²) in [6.45, 7) is 4.76. The van der Waals surface area contributed by atoms with Crippen LogP contribution >= 0.6 is 0 Å². The molecule has 0 saturated heterocycles. The summed E-state index contributed by atoms with van der Waals surface area (Å²) < 4.78 is 12.9. The Bertz CT molecular complexity index is 836. The first-order valence-corrected chi connectivity index (χ1v) is 9.78. The van der Waals surface area contributed by atoms with Gasteiger partial charge in [-0.25, -0.2) is 4.39 Å². The second-order valence-electron chi connectivity index (χ2n) is 7.02. The van der Waals surface area contributed by atoms with E-state index < -0.39 is 17.6 Å². The van der Waals surface area contributed by atoms with Crippen LogP contribution in [0, 0.1) is 5.82 Å². The van der Waals surface area contributed by atoms with Gasteiger partial charge in [0.05, 0.1) is 0 Å². The van der Waals surface area contributed by atoms with Crippen molar-refractivity contribution in [2.45, 2.75) is 32.6 Å². The van der Waals surface area contributed by atoms with Gasteiger partial charge < -0.3 is 15.5 Å².